The molecule has 0 radical (unpaired) electrons. The van der Waals surface area contributed by atoms with Gasteiger partial charge in [0.15, 0.2) is 0 Å². The van der Waals surface area contributed by atoms with Crippen LogP contribution in [0.1, 0.15) is 28.8 Å². The van der Waals surface area contributed by atoms with Gasteiger partial charge in [-0.2, -0.15) is 0 Å². The lowest BCUT2D eigenvalue weighted by Crippen LogP contribution is -2.42. The van der Waals surface area contributed by atoms with E-state index in [1.165, 1.54) is 36.4 Å². The van der Waals surface area contributed by atoms with Crippen LogP contribution in [0.15, 0.2) is 72.8 Å². The maximum absolute atomic E-state index is 13.1. The van der Waals surface area contributed by atoms with Crippen LogP contribution in [0.25, 0.3) is 0 Å². The molecule has 1 aliphatic rings. The second-order valence-electron chi connectivity index (χ2n) is 7.99. The highest BCUT2D eigenvalue weighted by atomic mass is 19.1. The first-order chi connectivity index (χ1) is 16.0. The van der Waals surface area contributed by atoms with Gasteiger partial charge in [-0.15, -0.1) is 0 Å². The van der Waals surface area contributed by atoms with E-state index in [-0.39, 0.29) is 29.4 Å². The predicted octanol–water partition coefficient (Wildman–Crippen LogP) is 4.93. The second kappa shape index (κ2) is 10.3. The van der Waals surface area contributed by atoms with Crippen molar-refractivity contribution < 1.29 is 23.1 Å². The van der Waals surface area contributed by atoms with Crippen LogP contribution in [0.4, 0.5) is 8.78 Å². The minimum atomic E-state index is -0.378. The first-order valence-electron chi connectivity index (χ1n) is 10.8. The van der Waals surface area contributed by atoms with Crippen molar-refractivity contribution in [3.8, 4) is 11.5 Å². The first-order valence-corrected chi connectivity index (χ1v) is 10.8. The summed E-state index contributed by atoms with van der Waals surface area (Å²) >= 11 is 0. The third-order valence-electron chi connectivity index (χ3n) is 5.68. The number of benzene rings is 3. The summed E-state index contributed by atoms with van der Waals surface area (Å²) in [6, 6.07) is 18.6. The van der Waals surface area contributed by atoms with Gasteiger partial charge in [-0.1, -0.05) is 12.1 Å². The average Bonchev–Trinajstić information content (AvgIpc) is 2.85. The van der Waals surface area contributed by atoms with Gasteiger partial charge in [0.05, 0.1) is 0 Å². The summed E-state index contributed by atoms with van der Waals surface area (Å²) in [6.07, 6.45) is 1.17. The predicted molar refractivity (Wildman–Crippen MR) is 120 cm³/mol. The van der Waals surface area contributed by atoms with Crippen molar-refractivity contribution in [3.05, 3.63) is 95.6 Å². The molecule has 0 atom stereocenters. The number of hydrogen-bond acceptors (Lipinski definition) is 3. The Morgan fingerprint density at radius 2 is 1.33 bits per heavy atom. The van der Waals surface area contributed by atoms with Gasteiger partial charge in [-0.3, -0.25) is 9.59 Å². The number of rotatable bonds is 6. The van der Waals surface area contributed by atoms with Crippen LogP contribution in [0.5, 0.6) is 11.5 Å². The van der Waals surface area contributed by atoms with Crippen LogP contribution >= 0.6 is 0 Å². The Morgan fingerprint density at radius 1 is 0.818 bits per heavy atom. The van der Waals surface area contributed by atoms with Gasteiger partial charge in [-0.05, 0) is 79.1 Å². The molecule has 5 nitrogen and oxygen atoms in total. The Labute approximate surface area is 191 Å². The molecular formula is C26H24F2N2O3. The van der Waals surface area contributed by atoms with Crippen molar-refractivity contribution in [3.63, 3.8) is 0 Å². The molecular weight excluding hydrogens is 426 g/mol. The van der Waals surface area contributed by atoms with Crippen molar-refractivity contribution >= 4 is 11.8 Å². The van der Waals surface area contributed by atoms with E-state index in [0.29, 0.717) is 49.5 Å². The highest BCUT2D eigenvalue weighted by Gasteiger charge is 2.27. The molecule has 0 spiro atoms. The Balaban J connectivity index is 1.22. The summed E-state index contributed by atoms with van der Waals surface area (Å²) in [4.78, 5) is 26.8. The zero-order valence-electron chi connectivity index (χ0n) is 18.0. The molecule has 7 heteroatoms. The number of piperidine rings is 1. The maximum atomic E-state index is 13.1. The second-order valence-corrected chi connectivity index (χ2v) is 7.99. The van der Waals surface area contributed by atoms with Crippen LogP contribution in [0.3, 0.4) is 0 Å². The molecule has 170 valence electrons. The molecule has 1 aliphatic heterocycles. The lowest BCUT2D eigenvalue weighted by molar-refractivity contribution is -0.126. The fourth-order valence-electron chi connectivity index (χ4n) is 3.77. The van der Waals surface area contributed by atoms with Crippen LogP contribution in [0.2, 0.25) is 0 Å². The third kappa shape index (κ3) is 5.94. The molecule has 4 rings (SSSR count). The summed E-state index contributed by atoms with van der Waals surface area (Å²) < 4.78 is 31.7. The van der Waals surface area contributed by atoms with Crippen molar-refractivity contribution in [2.45, 2.75) is 19.4 Å². The van der Waals surface area contributed by atoms with E-state index in [2.05, 4.69) is 5.32 Å². The van der Waals surface area contributed by atoms with Gasteiger partial charge in [0, 0.05) is 31.1 Å². The molecule has 0 aliphatic carbocycles. The monoisotopic (exact) mass is 450 g/mol. The Morgan fingerprint density at radius 3 is 1.91 bits per heavy atom. The Bertz CT molecular complexity index is 1090. The summed E-state index contributed by atoms with van der Waals surface area (Å²) in [5.74, 6) is 0.142. The zero-order chi connectivity index (χ0) is 23.2. The molecule has 3 aromatic rings. The van der Waals surface area contributed by atoms with E-state index < -0.39 is 0 Å². The van der Waals surface area contributed by atoms with Crippen molar-refractivity contribution in [2.24, 2.45) is 5.92 Å². The number of carbonyl (C=O) groups is 2. The molecule has 1 N–H and O–H groups in total. The molecule has 33 heavy (non-hydrogen) atoms. The molecule has 1 saturated heterocycles. The van der Waals surface area contributed by atoms with E-state index in [0.717, 1.165) is 5.56 Å². The summed E-state index contributed by atoms with van der Waals surface area (Å²) in [5.41, 5.74) is 1.38. The molecule has 2 amide bonds. The molecule has 0 aromatic heterocycles. The van der Waals surface area contributed by atoms with Crippen LogP contribution in [-0.4, -0.2) is 29.8 Å². The maximum Gasteiger partial charge on any atom is 0.253 e. The first kappa shape index (κ1) is 22.5. The smallest absolute Gasteiger partial charge is 0.253 e. The van der Waals surface area contributed by atoms with Gasteiger partial charge in [-0.25, -0.2) is 8.78 Å². The molecule has 1 heterocycles. The largest absolute Gasteiger partial charge is 0.457 e. The zero-order valence-corrected chi connectivity index (χ0v) is 18.0. The average molecular weight is 450 g/mol. The quantitative estimate of drug-likeness (QED) is 0.580. The van der Waals surface area contributed by atoms with Gasteiger partial charge in [0.25, 0.3) is 5.91 Å². The van der Waals surface area contributed by atoms with Crippen molar-refractivity contribution in [1.29, 1.82) is 0 Å². The number of nitrogens with one attached hydrogen (secondary N) is 1. The highest BCUT2D eigenvalue weighted by Crippen LogP contribution is 2.23. The summed E-state index contributed by atoms with van der Waals surface area (Å²) in [6.45, 7) is 1.37. The van der Waals surface area contributed by atoms with E-state index in [4.69, 9.17) is 4.74 Å². The summed E-state index contributed by atoms with van der Waals surface area (Å²) in [5, 5.41) is 2.96. The molecule has 0 unspecified atom stereocenters. The number of likely N-dealkylation sites (tertiary alicyclic amines) is 1. The van der Waals surface area contributed by atoms with E-state index in [1.54, 1.807) is 29.2 Å². The Hall–Kier alpha value is -3.74. The summed E-state index contributed by atoms with van der Waals surface area (Å²) in [7, 11) is 0. The van der Waals surface area contributed by atoms with Crippen LogP contribution in [0, 0.1) is 17.6 Å². The number of amides is 2. The SMILES string of the molecule is O=C(NCc1ccc(Oc2ccc(F)cc2)cc1)C1CCN(C(=O)c2ccc(F)cc2)CC1. The fourth-order valence-corrected chi connectivity index (χ4v) is 3.77. The van der Waals surface area contributed by atoms with Gasteiger partial charge < -0.3 is 15.0 Å². The number of halogens is 2. The minimum absolute atomic E-state index is 0.0319. The van der Waals surface area contributed by atoms with Crippen LogP contribution < -0.4 is 10.1 Å². The molecule has 0 bridgehead atoms. The van der Waals surface area contributed by atoms with E-state index in [9.17, 15) is 18.4 Å². The van der Waals surface area contributed by atoms with Crippen molar-refractivity contribution in [1.82, 2.24) is 10.2 Å². The molecule has 3 aromatic carbocycles. The third-order valence-corrected chi connectivity index (χ3v) is 5.68. The number of carbonyl (C=O) groups excluding carboxylic acids is 2. The van der Waals surface area contributed by atoms with Gasteiger partial charge in [0.1, 0.15) is 23.1 Å². The normalized spacial score (nSPS) is 14.1. The lowest BCUT2D eigenvalue weighted by Gasteiger charge is -2.31. The van der Waals surface area contributed by atoms with Gasteiger partial charge in [0.2, 0.25) is 5.91 Å². The lowest BCUT2D eigenvalue weighted by atomic mass is 9.95. The fraction of sp³-hybridized carbons (Fsp3) is 0.231. The minimum Gasteiger partial charge on any atom is -0.457 e. The number of hydrogen-bond donors (Lipinski definition) is 1. The van der Waals surface area contributed by atoms with E-state index >= 15 is 0 Å². The highest BCUT2D eigenvalue weighted by molar-refractivity contribution is 5.94. The number of ether oxygens (including phenoxy) is 1. The standard InChI is InChI=1S/C26H24F2N2O3/c27-21-5-3-20(4-6-21)26(32)30-15-13-19(14-16-30)25(31)29-17-18-1-9-23(10-2-18)33-24-11-7-22(28)8-12-24/h1-12,19H,13-17H2,(H,29,31). The van der Waals surface area contributed by atoms with Gasteiger partial charge >= 0.3 is 0 Å². The van der Waals surface area contributed by atoms with Crippen LogP contribution in [-0.2, 0) is 11.3 Å². The topological polar surface area (TPSA) is 58.6 Å². The van der Waals surface area contributed by atoms with Crippen molar-refractivity contribution in [2.75, 3.05) is 13.1 Å². The molecule has 1 fully saturated rings. The Kier molecular flexibility index (Phi) is 6.98. The molecule has 0 saturated carbocycles. The van der Waals surface area contributed by atoms with E-state index in [1.807, 2.05) is 12.1 Å². The number of nitrogens with zero attached hydrogens (tertiary/aromatic N) is 1.